The molecule has 0 aromatic rings. The van der Waals surface area contributed by atoms with E-state index in [1.54, 1.807) is 6.08 Å². The molecule has 0 fully saturated rings. The van der Waals surface area contributed by atoms with Gasteiger partial charge >= 0.3 is 0 Å². The van der Waals surface area contributed by atoms with Gasteiger partial charge in [0, 0.05) is 14.2 Å². The zero-order valence-electron chi connectivity index (χ0n) is 8.23. The molecular formula is C9H18O4. The molecule has 13 heavy (non-hydrogen) atoms. The zero-order valence-corrected chi connectivity index (χ0v) is 8.23. The molecular weight excluding hydrogens is 172 g/mol. The number of aliphatic hydroxyl groups is 1. The van der Waals surface area contributed by atoms with E-state index in [4.69, 9.17) is 14.2 Å². The van der Waals surface area contributed by atoms with Crippen molar-refractivity contribution in [3.05, 3.63) is 12.7 Å². The number of methoxy groups -OCH3 is 2. The average molecular weight is 190 g/mol. The molecule has 0 aromatic carbocycles. The summed E-state index contributed by atoms with van der Waals surface area (Å²) < 4.78 is 14.9. The molecule has 0 heterocycles. The van der Waals surface area contributed by atoms with Crippen LogP contribution < -0.4 is 0 Å². The highest BCUT2D eigenvalue weighted by Crippen LogP contribution is 1.96. The summed E-state index contributed by atoms with van der Waals surface area (Å²) in [6.45, 7) is 4.10. The van der Waals surface area contributed by atoms with E-state index in [1.807, 2.05) is 0 Å². The van der Waals surface area contributed by atoms with Gasteiger partial charge in [0.1, 0.15) is 0 Å². The van der Waals surface area contributed by atoms with Crippen molar-refractivity contribution in [2.75, 3.05) is 27.4 Å². The largest absolute Gasteiger partial charge is 0.390 e. The van der Waals surface area contributed by atoms with Crippen molar-refractivity contribution in [1.29, 1.82) is 0 Å². The van der Waals surface area contributed by atoms with E-state index in [-0.39, 0.29) is 12.9 Å². The Balaban J connectivity index is 3.36. The van der Waals surface area contributed by atoms with E-state index in [1.165, 1.54) is 14.2 Å². The molecule has 0 amide bonds. The second-order valence-corrected chi connectivity index (χ2v) is 2.62. The number of hydrogen-bond acceptors (Lipinski definition) is 4. The maximum absolute atomic E-state index is 9.23. The lowest BCUT2D eigenvalue weighted by atomic mass is 10.3. The molecule has 0 radical (unpaired) electrons. The molecule has 0 saturated carbocycles. The third-order valence-corrected chi connectivity index (χ3v) is 1.53. The predicted molar refractivity (Wildman–Crippen MR) is 49.4 cm³/mol. The van der Waals surface area contributed by atoms with Crippen molar-refractivity contribution >= 4 is 0 Å². The second-order valence-electron chi connectivity index (χ2n) is 2.62. The van der Waals surface area contributed by atoms with Gasteiger partial charge in [-0.05, 0) is 6.42 Å². The molecule has 0 spiro atoms. The molecule has 1 atom stereocenters. The number of ether oxygens (including phenoxy) is 3. The lowest BCUT2D eigenvalue weighted by Crippen LogP contribution is -2.23. The molecule has 0 aromatic heterocycles. The summed E-state index contributed by atoms with van der Waals surface area (Å²) in [6.07, 6.45) is 1.32. The maximum Gasteiger partial charge on any atom is 0.180 e. The van der Waals surface area contributed by atoms with Crippen LogP contribution >= 0.6 is 0 Å². The zero-order chi connectivity index (χ0) is 10.1. The van der Waals surface area contributed by atoms with Gasteiger partial charge < -0.3 is 19.3 Å². The second kappa shape index (κ2) is 8.19. The van der Waals surface area contributed by atoms with Gasteiger partial charge in [0.15, 0.2) is 6.29 Å². The highest BCUT2D eigenvalue weighted by atomic mass is 16.7. The summed E-state index contributed by atoms with van der Waals surface area (Å²) in [7, 11) is 3.08. The molecule has 0 bridgehead atoms. The van der Waals surface area contributed by atoms with Crippen LogP contribution in [0.5, 0.6) is 0 Å². The van der Waals surface area contributed by atoms with Crippen molar-refractivity contribution in [3.63, 3.8) is 0 Å². The lowest BCUT2D eigenvalue weighted by Gasteiger charge is -2.14. The normalized spacial score (nSPS) is 13.2. The van der Waals surface area contributed by atoms with E-state index in [2.05, 4.69) is 6.58 Å². The van der Waals surface area contributed by atoms with Crippen LogP contribution in [0.4, 0.5) is 0 Å². The van der Waals surface area contributed by atoms with Crippen molar-refractivity contribution < 1.29 is 19.3 Å². The Morgan fingerprint density at radius 3 is 2.38 bits per heavy atom. The summed E-state index contributed by atoms with van der Waals surface area (Å²) in [5, 5.41) is 9.23. The molecule has 4 heteroatoms. The first-order valence-corrected chi connectivity index (χ1v) is 4.16. The van der Waals surface area contributed by atoms with Gasteiger partial charge in [-0.25, -0.2) is 0 Å². The maximum atomic E-state index is 9.23. The first-order valence-electron chi connectivity index (χ1n) is 4.16. The monoisotopic (exact) mass is 190 g/mol. The van der Waals surface area contributed by atoms with E-state index < -0.39 is 6.10 Å². The van der Waals surface area contributed by atoms with Crippen LogP contribution in [0.15, 0.2) is 12.7 Å². The van der Waals surface area contributed by atoms with Crippen LogP contribution in [-0.2, 0) is 14.2 Å². The summed E-state index contributed by atoms with van der Waals surface area (Å²) in [5.41, 5.74) is 0. The molecule has 0 rings (SSSR count). The minimum absolute atomic E-state index is 0.273. The van der Waals surface area contributed by atoms with Crippen molar-refractivity contribution in [2.45, 2.75) is 18.8 Å². The van der Waals surface area contributed by atoms with Crippen LogP contribution in [0.25, 0.3) is 0 Å². The topological polar surface area (TPSA) is 47.9 Å². The minimum Gasteiger partial charge on any atom is -0.390 e. The Labute approximate surface area is 79.1 Å². The van der Waals surface area contributed by atoms with Crippen LogP contribution in [0.1, 0.15) is 6.42 Å². The summed E-state index contributed by atoms with van der Waals surface area (Å²) >= 11 is 0. The molecule has 1 unspecified atom stereocenters. The fourth-order valence-corrected chi connectivity index (χ4v) is 0.793. The van der Waals surface area contributed by atoms with Gasteiger partial charge in [0.05, 0.1) is 19.3 Å². The van der Waals surface area contributed by atoms with Crippen molar-refractivity contribution in [2.24, 2.45) is 0 Å². The number of rotatable bonds is 8. The van der Waals surface area contributed by atoms with Crippen LogP contribution in [0, 0.1) is 0 Å². The minimum atomic E-state index is -0.494. The summed E-state index contributed by atoms with van der Waals surface area (Å²) in [4.78, 5) is 0. The van der Waals surface area contributed by atoms with Crippen LogP contribution in [0.2, 0.25) is 0 Å². The highest BCUT2D eigenvalue weighted by molar-refractivity contribution is 4.71. The Morgan fingerprint density at radius 2 is 1.92 bits per heavy atom. The summed E-state index contributed by atoms with van der Waals surface area (Å²) in [5.74, 6) is 0. The lowest BCUT2D eigenvalue weighted by molar-refractivity contribution is -0.145. The van der Waals surface area contributed by atoms with E-state index in [9.17, 15) is 5.11 Å². The van der Waals surface area contributed by atoms with E-state index >= 15 is 0 Å². The molecule has 0 saturated heterocycles. The predicted octanol–water partition coefficient (Wildman–Crippen LogP) is 0.559. The number of aliphatic hydroxyl groups excluding tert-OH is 1. The Morgan fingerprint density at radius 1 is 1.31 bits per heavy atom. The van der Waals surface area contributed by atoms with Crippen molar-refractivity contribution in [3.8, 4) is 0 Å². The van der Waals surface area contributed by atoms with Gasteiger partial charge in [-0.1, -0.05) is 6.08 Å². The molecule has 0 aliphatic carbocycles. The first-order chi connectivity index (χ1) is 6.24. The van der Waals surface area contributed by atoms with Crippen molar-refractivity contribution in [1.82, 2.24) is 0 Å². The van der Waals surface area contributed by atoms with Crippen LogP contribution in [0.3, 0.4) is 0 Å². The molecule has 1 N–H and O–H groups in total. The molecule has 0 aliphatic heterocycles. The van der Waals surface area contributed by atoms with Gasteiger partial charge in [0.2, 0.25) is 0 Å². The van der Waals surface area contributed by atoms with Crippen LogP contribution in [-0.4, -0.2) is 44.9 Å². The standard InChI is InChI=1S/C9H18O4/c1-4-5-8(10)6-13-7-9(11-2)12-3/h4,8-10H,1,5-7H2,2-3H3. The van der Waals surface area contributed by atoms with Gasteiger partial charge in [-0.2, -0.15) is 0 Å². The Hall–Kier alpha value is -0.420. The van der Waals surface area contributed by atoms with E-state index in [0.717, 1.165) is 0 Å². The fraction of sp³-hybridized carbons (Fsp3) is 0.778. The SMILES string of the molecule is C=CCC(O)COCC(OC)OC. The third-order valence-electron chi connectivity index (χ3n) is 1.53. The van der Waals surface area contributed by atoms with Gasteiger partial charge in [0.25, 0.3) is 0 Å². The Kier molecular flexibility index (Phi) is 7.93. The molecule has 78 valence electrons. The molecule has 0 aliphatic rings. The Bertz CT molecular complexity index is 123. The first kappa shape index (κ1) is 12.6. The van der Waals surface area contributed by atoms with Gasteiger partial charge in [-0.15, -0.1) is 6.58 Å². The van der Waals surface area contributed by atoms with E-state index in [0.29, 0.717) is 13.0 Å². The summed E-state index contributed by atoms with van der Waals surface area (Å²) in [6, 6.07) is 0. The highest BCUT2D eigenvalue weighted by Gasteiger charge is 2.06. The van der Waals surface area contributed by atoms with Gasteiger partial charge in [-0.3, -0.25) is 0 Å². The number of hydrogen-bond donors (Lipinski definition) is 1. The molecule has 4 nitrogen and oxygen atoms in total. The fourth-order valence-electron chi connectivity index (χ4n) is 0.793. The quantitative estimate of drug-likeness (QED) is 0.449. The third kappa shape index (κ3) is 6.72. The smallest absolute Gasteiger partial charge is 0.180 e. The average Bonchev–Trinajstić information content (AvgIpc) is 2.13.